The average molecular weight is 252 g/mol. The molecule has 1 atom stereocenters. The normalized spacial score (nSPS) is 12.3. The van der Waals surface area contributed by atoms with Crippen LogP contribution < -0.4 is 0 Å². The standard InChI is InChI=1S/C14H20O2S/c1-11(2)7-12(3)16-9-14-8-13(10-17-14)5-4-6-15/h8,10-12,15H,6-7,9H2,1-3H3. The number of hydrogen-bond donors (Lipinski definition) is 1. The largest absolute Gasteiger partial charge is 0.384 e. The van der Waals surface area contributed by atoms with Gasteiger partial charge in [0.15, 0.2) is 0 Å². The van der Waals surface area contributed by atoms with Gasteiger partial charge in [0.2, 0.25) is 0 Å². The fourth-order valence-corrected chi connectivity index (χ4v) is 2.36. The second kappa shape index (κ2) is 7.50. The van der Waals surface area contributed by atoms with Gasteiger partial charge in [-0.1, -0.05) is 25.7 Å². The lowest BCUT2D eigenvalue weighted by molar-refractivity contribution is 0.0412. The predicted molar refractivity (Wildman–Crippen MR) is 72.0 cm³/mol. The number of rotatable bonds is 5. The molecule has 0 aromatic carbocycles. The predicted octanol–water partition coefficient (Wildman–Crippen LogP) is 3.04. The third-order valence-electron chi connectivity index (χ3n) is 2.28. The summed E-state index contributed by atoms with van der Waals surface area (Å²) in [6.45, 7) is 7.08. The minimum Gasteiger partial charge on any atom is -0.384 e. The van der Waals surface area contributed by atoms with Crippen LogP contribution in [0.4, 0.5) is 0 Å². The molecule has 1 heterocycles. The molecular weight excluding hydrogens is 232 g/mol. The second-order valence-corrected chi connectivity index (χ2v) is 5.51. The zero-order valence-corrected chi connectivity index (χ0v) is 11.5. The molecule has 2 nitrogen and oxygen atoms in total. The van der Waals surface area contributed by atoms with Gasteiger partial charge in [-0.15, -0.1) is 11.3 Å². The highest BCUT2D eigenvalue weighted by Gasteiger charge is 2.06. The number of hydrogen-bond acceptors (Lipinski definition) is 3. The van der Waals surface area contributed by atoms with Gasteiger partial charge in [-0.05, 0) is 25.3 Å². The molecule has 3 heteroatoms. The van der Waals surface area contributed by atoms with Crippen molar-refractivity contribution in [3.63, 3.8) is 0 Å². The highest BCUT2D eigenvalue weighted by Crippen LogP contribution is 2.17. The Morgan fingerprint density at radius 3 is 2.82 bits per heavy atom. The molecule has 1 rings (SSSR count). The van der Waals surface area contributed by atoms with E-state index in [4.69, 9.17) is 9.84 Å². The van der Waals surface area contributed by atoms with Crippen LogP contribution in [0.2, 0.25) is 0 Å². The first-order valence-corrected chi connectivity index (χ1v) is 6.78. The lowest BCUT2D eigenvalue weighted by atomic mass is 10.1. The summed E-state index contributed by atoms with van der Waals surface area (Å²) in [5.74, 6) is 6.20. The zero-order chi connectivity index (χ0) is 12.7. The lowest BCUT2D eigenvalue weighted by Crippen LogP contribution is -2.10. The molecule has 0 spiro atoms. The Bertz CT molecular complexity index is 384. The topological polar surface area (TPSA) is 29.5 Å². The molecular formula is C14H20O2S. The average Bonchev–Trinajstić information content (AvgIpc) is 2.70. The summed E-state index contributed by atoms with van der Waals surface area (Å²) in [6, 6.07) is 2.02. The zero-order valence-electron chi connectivity index (χ0n) is 10.7. The summed E-state index contributed by atoms with van der Waals surface area (Å²) in [5.41, 5.74) is 0.958. The van der Waals surface area contributed by atoms with E-state index < -0.39 is 0 Å². The third kappa shape index (κ3) is 5.88. The third-order valence-corrected chi connectivity index (χ3v) is 3.19. The van der Waals surface area contributed by atoms with Crippen molar-refractivity contribution in [3.05, 3.63) is 21.9 Å². The summed E-state index contributed by atoms with van der Waals surface area (Å²) in [7, 11) is 0. The smallest absolute Gasteiger partial charge is 0.104 e. The Hall–Kier alpha value is -0.820. The van der Waals surface area contributed by atoms with Crippen LogP contribution in [-0.4, -0.2) is 17.8 Å². The van der Waals surface area contributed by atoms with Crippen LogP contribution in [0.1, 0.15) is 37.6 Å². The van der Waals surface area contributed by atoms with E-state index in [1.54, 1.807) is 11.3 Å². The van der Waals surface area contributed by atoms with Crippen LogP contribution in [0, 0.1) is 17.8 Å². The van der Waals surface area contributed by atoms with Gasteiger partial charge < -0.3 is 9.84 Å². The van der Waals surface area contributed by atoms with E-state index in [2.05, 4.69) is 32.6 Å². The highest BCUT2D eigenvalue weighted by molar-refractivity contribution is 7.10. The maximum atomic E-state index is 8.60. The Labute approximate surface area is 108 Å². The van der Waals surface area contributed by atoms with Crippen LogP contribution in [0.3, 0.4) is 0 Å². The van der Waals surface area contributed by atoms with E-state index in [1.165, 1.54) is 4.88 Å². The fourth-order valence-electron chi connectivity index (χ4n) is 1.62. The molecule has 1 aromatic heterocycles. The first kappa shape index (κ1) is 14.2. The minimum atomic E-state index is -0.0902. The van der Waals surface area contributed by atoms with Crippen LogP contribution in [0.15, 0.2) is 11.4 Å². The van der Waals surface area contributed by atoms with E-state index in [1.807, 2.05) is 11.4 Å². The van der Waals surface area contributed by atoms with Crippen molar-refractivity contribution in [2.45, 2.75) is 39.9 Å². The van der Waals surface area contributed by atoms with Crippen molar-refractivity contribution in [2.75, 3.05) is 6.61 Å². The Balaban J connectivity index is 2.39. The maximum absolute atomic E-state index is 8.60. The van der Waals surface area contributed by atoms with Crippen LogP contribution in [0.25, 0.3) is 0 Å². The van der Waals surface area contributed by atoms with E-state index >= 15 is 0 Å². The van der Waals surface area contributed by atoms with Gasteiger partial charge in [-0.2, -0.15) is 0 Å². The van der Waals surface area contributed by atoms with Crippen molar-refractivity contribution in [1.29, 1.82) is 0 Å². The number of thiophene rings is 1. The molecule has 94 valence electrons. The quantitative estimate of drug-likeness (QED) is 0.816. The summed E-state index contributed by atoms with van der Waals surface area (Å²) in [5, 5.41) is 10.6. The fraction of sp³-hybridized carbons (Fsp3) is 0.571. The van der Waals surface area contributed by atoms with Gasteiger partial charge >= 0.3 is 0 Å². The van der Waals surface area contributed by atoms with Gasteiger partial charge in [-0.25, -0.2) is 0 Å². The molecule has 0 aliphatic rings. The summed E-state index contributed by atoms with van der Waals surface area (Å²) in [4.78, 5) is 1.18. The highest BCUT2D eigenvalue weighted by atomic mass is 32.1. The van der Waals surface area contributed by atoms with E-state index in [0.29, 0.717) is 18.6 Å². The van der Waals surface area contributed by atoms with Gasteiger partial charge in [0, 0.05) is 15.8 Å². The number of aliphatic hydroxyl groups is 1. The summed E-state index contributed by atoms with van der Waals surface area (Å²) in [6.07, 6.45) is 1.38. The van der Waals surface area contributed by atoms with Crippen molar-refractivity contribution >= 4 is 11.3 Å². The van der Waals surface area contributed by atoms with E-state index in [0.717, 1.165) is 12.0 Å². The van der Waals surface area contributed by atoms with Gasteiger partial charge in [0.1, 0.15) is 6.61 Å². The molecule has 0 saturated heterocycles. The molecule has 1 N–H and O–H groups in total. The first-order chi connectivity index (χ1) is 8.11. The van der Waals surface area contributed by atoms with E-state index in [-0.39, 0.29) is 6.61 Å². The molecule has 1 unspecified atom stereocenters. The van der Waals surface area contributed by atoms with Crippen LogP contribution >= 0.6 is 11.3 Å². The van der Waals surface area contributed by atoms with Crippen LogP contribution in [0.5, 0.6) is 0 Å². The van der Waals surface area contributed by atoms with E-state index in [9.17, 15) is 0 Å². The molecule has 0 radical (unpaired) electrons. The van der Waals surface area contributed by atoms with Crippen molar-refractivity contribution in [1.82, 2.24) is 0 Å². The Morgan fingerprint density at radius 1 is 1.41 bits per heavy atom. The monoisotopic (exact) mass is 252 g/mol. The summed E-state index contributed by atoms with van der Waals surface area (Å²) >= 11 is 1.65. The summed E-state index contributed by atoms with van der Waals surface area (Å²) < 4.78 is 5.77. The Kier molecular flexibility index (Phi) is 6.28. The van der Waals surface area contributed by atoms with Crippen molar-refractivity contribution in [3.8, 4) is 11.8 Å². The Morgan fingerprint density at radius 2 is 2.18 bits per heavy atom. The van der Waals surface area contributed by atoms with Crippen molar-refractivity contribution in [2.24, 2.45) is 5.92 Å². The molecule has 0 amide bonds. The number of aliphatic hydroxyl groups excluding tert-OH is 1. The first-order valence-electron chi connectivity index (χ1n) is 5.90. The van der Waals surface area contributed by atoms with Gasteiger partial charge in [0.25, 0.3) is 0 Å². The molecule has 0 aliphatic carbocycles. The second-order valence-electron chi connectivity index (χ2n) is 4.51. The SMILES string of the molecule is CC(C)CC(C)OCc1cc(C#CCO)cs1. The lowest BCUT2D eigenvalue weighted by Gasteiger charge is -2.14. The van der Waals surface area contributed by atoms with Crippen molar-refractivity contribution < 1.29 is 9.84 Å². The van der Waals surface area contributed by atoms with Gasteiger partial charge in [0.05, 0.1) is 12.7 Å². The maximum Gasteiger partial charge on any atom is 0.104 e. The van der Waals surface area contributed by atoms with Gasteiger partial charge in [-0.3, -0.25) is 0 Å². The van der Waals surface area contributed by atoms with Crippen LogP contribution in [-0.2, 0) is 11.3 Å². The number of ether oxygens (including phenoxy) is 1. The molecule has 0 fully saturated rings. The minimum absolute atomic E-state index is 0.0902. The molecule has 0 bridgehead atoms. The molecule has 17 heavy (non-hydrogen) atoms. The molecule has 0 aliphatic heterocycles. The molecule has 1 aromatic rings. The molecule has 0 saturated carbocycles.